The van der Waals surface area contributed by atoms with Crippen LogP contribution in [-0.4, -0.2) is 48.5 Å². The van der Waals surface area contributed by atoms with Gasteiger partial charge in [-0.05, 0) is 80.4 Å². The minimum Gasteiger partial charge on any atom is -0.399 e. The van der Waals surface area contributed by atoms with Crippen LogP contribution in [0.3, 0.4) is 0 Å². The van der Waals surface area contributed by atoms with Gasteiger partial charge in [0.25, 0.3) is 0 Å². The van der Waals surface area contributed by atoms with Gasteiger partial charge < -0.3 is 29.3 Å². The van der Waals surface area contributed by atoms with Crippen LogP contribution in [0.4, 0.5) is 11.4 Å². The molecule has 2 heterocycles. The zero-order valence-corrected chi connectivity index (χ0v) is 26.5. The Labute approximate surface area is 251 Å². The highest BCUT2D eigenvalue weighted by Crippen LogP contribution is 2.38. The predicted octanol–water partition coefficient (Wildman–Crippen LogP) is 5.20. The van der Waals surface area contributed by atoms with E-state index in [9.17, 15) is 9.59 Å². The molecule has 2 amide bonds. The quantitative estimate of drug-likeness (QED) is 0.282. The van der Waals surface area contributed by atoms with E-state index in [2.05, 4.69) is 10.6 Å². The van der Waals surface area contributed by atoms with E-state index in [1.807, 2.05) is 104 Å². The van der Waals surface area contributed by atoms with Gasteiger partial charge in [-0.1, -0.05) is 49.2 Å². The number of hydrogen-bond donors (Lipinski definition) is 2. The van der Waals surface area contributed by atoms with Crippen molar-refractivity contribution in [2.24, 2.45) is 0 Å². The molecule has 0 spiro atoms. The summed E-state index contributed by atoms with van der Waals surface area (Å²) < 4.78 is 24.7. The van der Waals surface area contributed by atoms with Crippen LogP contribution in [0.1, 0.15) is 93.9 Å². The lowest BCUT2D eigenvalue weighted by atomic mass is 9.77. The molecule has 10 heteroatoms. The third-order valence-electron chi connectivity index (χ3n) is 9.04. The van der Waals surface area contributed by atoms with Crippen molar-refractivity contribution in [2.75, 3.05) is 10.6 Å². The van der Waals surface area contributed by atoms with Crippen LogP contribution >= 0.6 is 0 Å². The average molecular weight is 576 g/mol. The van der Waals surface area contributed by atoms with Crippen molar-refractivity contribution in [1.82, 2.24) is 0 Å². The normalized spacial score (nSPS) is 20.0. The number of rotatable bonds is 11. The van der Waals surface area contributed by atoms with Crippen molar-refractivity contribution in [1.29, 1.82) is 0 Å². The molecule has 2 N–H and O–H groups in total. The molecule has 2 aromatic rings. The molecule has 2 fully saturated rings. The lowest BCUT2D eigenvalue weighted by molar-refractivity contribution is -0.117. The average Bonchev–Trinajstić information content (AvgIpc) is 3.25. The molecule has 4 rings (SSSR count). The van der Waals surface area contributed by atoms with Crippen LogP contribution in [0, 0.1) is 0 Å². The summed E-state index contributed by atoms with van der Waals surface area (Å²) in [6, 6.07) is 15.2. The maximum absolute atomic E-state index is 12.7. The summed E-state index contributed by atoms with van der Waals surface area (Å²) in [5, 5.41) is 6.07. The van der Waals surface area contributed by atoms with E-state index in [1.54, 1.807) is 0 Å². The topological polar surface area (TPSA) is 95.1 Å². The van der Waals surface area contributed by atoms with Crippen molar-refractivity contribution >= 4 is 48.4 Å². The van der Waals surface area contributed by atoms with Crippen LogP contribution in [0.15, 0.2) is 48.5 Å². The van der Waals surface area contributed by atoms with Gasteiger partial charge in [-0.25, -0.2) is 0 Å². The molecule has 0 bridgehead atoms. The summed E-state index contributed by atoms with van der Waals surface area (Å²) in [6.07, 6.45) is 4.04. The molecule has 2 aromatic carbocycles. The SMILES string of the molecule is CC1(C)OB(c2ccccc2NC(=O)CCCCCCC(=O)Nc2ccccc2B2OC(C)(C)C(C)(C)O2)OC1(C)C. The summed E-state index contributed by atoms with van der Waals surface area (Å²) in [7, 11) is -1.08. The van der Waals surface area contributed by atoms with Crippen LogP contribution in [0.2, 0.25) is 0 Å². The molecule has 226 valence electrons. The zero-order valence-electron chi connectivity index (χ0n) is 26.5. The highest BCUT2D eigenvalue weighted by molar-refractivity contribution is 6.64. The number of unbranched alkanes of at least 4 members (excludes halogenated alkanes) is 3. The van der Waals surface area contributed by atoms with Gasteiger partial charge in [0.1, 0.15) is 0 Å². The molecule has 0 saturated carbocycles. The van der Waals surface area contributed by atoms with Gasteiger partial charge in [0.15, 0.2) is 0 Å². The second kappa shape index (κ2) is 12.5. The Morgan fingerprint density at radius 3 is 1.19 bits per heavy atom. The predicted molar refractivity (Wildman–Crippen MR) is 169 cm³/mol. The van der Waals surface area contributed by atoms with Gasteiger partial charge in [-0.3, -0.25) is 9.59 Å². The molecule has 2 aliphatic heterocycles. The standard InChI is InChI=1S/C32H46B2N2O6/c1-29(2)30(3,4)40-33(39-29)23-17-13-15-19-25(23)35-27(37)21-11-9-10-12-22-28(38)36-26-20-16-14-18-24(26)34-41-31(5,6)32(7,8)42-34/h13-20H,9-12,21-22H2,1-8H3,(H,35,37)(H,36,38). The minimum atomic E-state index is -0.540. The Balaban J connectivity index is 1.18. The van der Waals surface area contributed by atoms with Crippen molar-refractivity contribution < 1.29 is 28.2 Å². The molecule has 0 atom stereocenters. The Hall–Kier alpha value is -2.65. The lowest BCUT2D eigenvalue weighted by Crippen LogP contribution is -2.41. The van der Waals surface area contributed by atoms with Gasteiger partial charge in [0.2, 0.25) is 11.8 Å². The Morgan fingerprint density at radius 1 is 0.548 bits per heavy atom. The summed E-state index contributed by atoms with van der Waals surface area (Å²) >= 11 is 0. The molecule has 2 aliphatic rings. The van der Waals surface area contributed by atoms with Gasteiger partial charge >= 0.3 is 14.2 Å². The summed E-state index contributed by atoms with van der Waals surface area (Å²) in [5.41, 5.74) is 1.22. The third kappa shape index (κ3) is 7.28. The smallest absolute Gasteiger partial charge is 0.399 e. The first kappa shape index (κ1) is 32.3. The number of carbonyl (C=O) groups is 2. The number of hydrogen-bond acceptors (Lipinski definition) is 6. The van der Waals surface area contributed by atoms with Gasteiger partial charge in [0, 0.05) is 35.1 Å². The second-order valence-electron chi connectivity index (χ2n) is 13.4. The summed E-state index contributed by atoms with van der Waals surface area (Å²) in [5.74, 6) is -0.0907. The Morgan fingerprint density at radius 2 is 0.857 bits per heavy atom. The van der Waals surface area contributed by atoms with Crippen LogP contribution in [-0.2, 0) is 28.2 Å². The fraction of sp³-hybridized carbons (Fsp3) is 0.562. The molecule has 8 nitrogen and oxygen atoms in total. The highest BCUT2D eigenvalue weighted by atomic mass is 16.7. The largest absolute Gasteiger partial charge is 0.496 e. The first-order chi connectivity index (χ1) is 19.6. The van der Waals surface area contributed by atoms with E-state index in [1.165, 1.54) is 0 Å². The van der Waals surface area contributed by atoms with E-state index in [-0.39, 0.29) is 11.8 Å². The summed E-state index contributed by atoms with van der Waals surface area (Å²) in [4.78, 5) is 25.4. The van der Waals surface area contributed by atoms with E-state index < -0.39 is 36.6 Å². The zero-order chi connectivity index (χ0) is 30.8. The minimum absolute atomic E-state index is 0.0453. The van der Waals surface area contributed by atoms with E-state index in [4.69, 9.17) is 18.6 Å². The second-order valence-corrected chi connectivity index (χ2v) is 13.4. The first-order valence-corrected chi connectivity index (χ1v) is 15.1. The molecule has 0 aromatic heterocycles. The van der Waals surface area contributed by atoms with Gasteiger partial charge in [-0.15, -0.1) is 0 Å². The number of benzene rings is 2. The Bertz CT molecular complexity index is 1150. The fourth-order valence-electron chi connectivity index (χ4n) is 4.92. The fourth-order valence-corrected chi connectivity index (χ4v) is 4.92. The van der Waals surface area contributed by atoms with Gasteiger partial charge in [0.05, 0.1) is 22.4 Å². The van der Waals surface area contributed by atoms with Crippen molar-refractivity contribution in [2.45, 2.75) is 116 Å². The molecule has 0 aliphatic carbocycles. The molecular formula is C32H46B2N2O6. The molecule has 0 unspecified atom stereocenters. The summed E-state index contributed by atoms with van der Waals surface area (Å²) in [6.45, 7) is 16.1. The molecular weight excluding hydrogens is 530 g/mol. The van der Waals surface area contributed by atoms with E-state index in [0.29, 0.717) is 24.2 Å². The van der Waals surface area contributed by atoms with Gasteiger partial charge in [-0.2, -0.15) is 0 Å². The lowest BCUT2D eigenvalue weighted by Gasteiger charge is -2.32. The van der Waals surface area contributed by atoms with Crippen LogP contribution in [0.5, 0.6) is 0 Å². The van der Waals surface area contributed by atoms with Crippen molar-refractivity contribution in [3.63, 3.8) is 0 Å². The van der Waals surface area contributed by atoms with Crippen LogP contribution in [0.25, 0.3) is 0 Å². The third-order valence-corrected chi connectivity index (χ3v) is 9.04. The first-order valence-electron chi connectivity index (χ1n) is 15.1. The van der Waals surface area contributed by atoms with Crippen molar-refractivity contribution in [3.8, 4) is 0 Å². The van der Waals surface area contributed by atoms with Crippen LogP contribution < -0.4 is 21.6 Å². The maximum Gasteiger partial charge on any atom is 0.496 e. The number of carbonyl (C=O) groups excluding carboxylic acids is 2. The highest BCUT2D eigenvalue weighted by Gasteiger charge is 2.53. The number of amides is 2. The maximum atomic E-state index is 12.7. The molecule has 2 saturated heterocycles. The van der Waals surface area contributed by atoms with E-state index >= 15 is 0 Å². The number of anilines is 2. The monoisotopic (exact) mass is 576 g/mol. The molecule has 42 heavy (non-hydrogen) atoms. The Kier molecular flexibility index (Phi) is 9.62. The molecule has 0 radical (unpaired) electrons. The van der Waals surface area contributed by atoms with E-state index in [0.717, 1.165) is 36.6 Å². The van der Waals surface area contributed by atoms with Crippen molar-refractivity contribution in [3.05, 3.63) is 48.5 Å². The number of para-hydroxylation sites is 2. The number of nitrogens with one attached hydrogen (secondary N) is 2.